The quantitative estimate of drug-likeness (QED) is 0.190. The zero-order chi connectivity index (χ0) is 32.6. The maximum atomic E-state index is 4.71. The third-order valence-corrected chi connectivity index (χ3v) is 9.44. The van der Waals surface area contributed by atoms with Crippen molar-refractivity contribution in [1.82, 2.24) is 9.88 Å². The van der Waals surface area contributed by atoms with Gasteiger partial charge < -0.3 is 14.8 Å². The largest absolute Gasteiger partial charge is 0.372 e. The van der Waals surface area contributed by atoms with Crippen molar-refractivity contribution < 1.29 is 0 Å². The molecule has 1 aliphatic heterocycles. The van der Waals surface area contributed by atoms with E-state index in [4.69, 9.17) is 4.99 Å². The summed E-state index contributed by atoms with van der Waals surface area (Å²) in [6.07, 6.45) is 11.1. The lowest BCUT2D eigenvalue weighted by atomic mass is 10.0. The molecule has 0 saturated heterocycles. The van der Waals surface area contributed by atoms with Gasteiger partial charge in [0.15, 0.2) is 0 Å². The van der Waals surface area contributed by atoms with Gasteiger partial charge in [0.1, 0.15) is 0 Å². The highest BCUT2D eigenvalue weighted by molar-refractivity contribution is 6.11. The van der Waals surface area contributed by atoms with Gasteiger partial charge in [-0.3, -0.25) is 4.99 Å². The summed E-state index contributed by atoms with van der Waals surface area (Å²) in [5, 5.41) is 6.10. The molecule has 1 atom stereocenters. The van der Waals surface area contributed by atoms with E-state index in [0.29, 0.717) is 0 Å². The van der Waals surface area contributed by atoms with Crippen molar-refractivity contribution in [3.8, 4) is 5.69 Å². The van der Waals surface area contributed by atoms with Crippen molar-refractivity contribution in [2.45, 2.75) is 12.5 Å². The van der Waals surface area contributed by atoms with Crippen LogP contribution in [0.25, 0.3) is 33.2 Å². The average Bonchev–Trinajstić information content (AvgIpc) is 3.49. The van der Waals surface area contributed by atoms with E-state index in [0.717, 1.165) is 46.1 Å². The molecule has 1 N–H and O–H groups in total. The SMILES string of the molecule is C1=CC2=NC=C(c3ccc(-n4c5ccc(Cc6ccccc6)cc5c5cc(N(c6ccccc6)c6ccccc6)ccc54)cc3)NC2C=C1. The Kier molecular flexibility index (Phi) is 7.25. The van der Waals surface area contributed by atoms with Crippen LogP contribution >= 0.6 is 0 Å². The first kappa shape index (κ1) is 28.8. The highest BCUT2D eigenvalue weighted by Gasteiger charge is 2.20. The minimum atomic E-state index is 0.104. The summed E-state index contributed by atoms with van der Waals surface area (Å²) < 4.78 is 2.40. The number of allylic oxidation sites excluding steroid dienone is 2. The molecular formula is C45H34N4. The van der Waals surface area contributed by atoms with Gasteiger partial charge in [-0.25, -0.2) is 0 Å². The zero-order valence-electron chi connectivity index (χ0n) is 26.9. The molecule has 9 rings (SSSR count). The number of para-hydroxylation sites is 2. The number of benzene rings is 6. The van der Waals surface area contributed by atoms with Gasteiger partial charge in [-0.2, -0.15) is 0 Å². The van der Waals surface area contributed by atoms with Gasteiger partial charge >= 0.3 is 0 Å². The fourth-order valence-corrected chi connectivity index (χ4v) is 7.09. The van der Waals surface area contributed by atoms with Crippen LogP contribution in [0.15, 0.2) is 187 Å². The maximum Gasteiger partial charge on any atom is 0.0873 e. The summed E-state index contributed by atoms with van der Waals surface area (Å²) in [5.41, 5.74) is 12.6. The Morgan fingerprint density at radius 2 is 1.24 bits per heavy atom. The highest BCUT2D eigenvalue weighted by Crippen LogP contribution is 2.40. The van der Waals surface area contributed by atoms with E-state index in [1.54, 1.807) is 0 Å². The third kappa shape index (κ3) is 5.43. The molecule has 0 amide bonds. The number of nitrogens with zero attached hydrogens (tertiary/aromatic N) is 3. The van der Waals surface area contributed by atoms with Gasteiger partial charge in [0, 0.05) is 33.5 Å². The van der Waals surface area contributed by atoms with E-state index in [1.807, 2.05) is 12.3 Å². The summed E-state index contributed by atoms with van der Waals surface area (Å²) in [6, 6.07) is 54.7. The molecule has 0 radical (unpaired) electrons. The summed E-state index contributed by atoms with van der Waals surface area (Å²) in [5.74, 6) is 0. The van der Waals surface area contributed by atoms with E-state index < -0.39 is 0 Å². The number of hydrogen-bond acceptors (Lipinski definition) is 3. The van der Waals surface area contributed by atoms with Crippen LogP contribution in [0.5, 0.6) is 0 Å². The number of anilines is 3. The van der Waals surface area contributed by atoms with Gasteiger partial charge in [0.2, 0.25) is 0 Å². The first-order valence-corrected chi connectivity index (χ1v) is 16.8. The van der Waals surface area contributed by atoms with Crippen molar-refractivity contribution in [2.75, 3.05) is 4.90 Å². The average molecular weight is 631 g/mol. The van der Waals surface area contributed by atoms with Gasteiger partial charge in [-0.05, 0) is 95.9 Å². The molecule has 49 heavy (non-hydrogen) atoms. The van der Waals surface area contributed by atoms with Crippen molar-refractivity contribution >= 4 is 50.3 Å². The molecule has 1 unspecified atom stereocenters. The Bertz CT molecular complexity index is 2380. The number of rotatable bonds is 7. The Morgan fingerprint density at radius 1 is 0.592 bits per heavy atom. The minimum Gasteiger partial charge on any atom is -0.372 e. The monoisotopic (exact) mass is 630 g/mol. The maximum absolute atomic E-state index is 4.71. The normalized spacial score (nSPS) is 15.1. The molecule has 0 fully saturated rings. The van der Waals surface area contributed by atoms with Crippen LogP contribution in [0.3, 0.4) is 0 Å². The minimum absolute atomic E-state index is 0.104. The van der Waals surface area contributed by atoms with Crippen LogP contribution in [-0.2, 0) is 6.42 Å². The molecule has 0 bridgehead atoms. The van der Waals surface area contributed by atoms with E-state index in [9.17, 15) is 0 Å². The topological polar surface area (TPSA) is 32.6 Å². The predicted molar refractivity (Wildman–Crippen MR) is 205 cm³/mol. The predicted octanol–water partition coefficient (Wildman–Crippen LogP) is 10.7. The summed E-state index contributed by atoms with van der Waals surface area (Å²) in [6.45, 7) is 0. The van der Waals surface area contributed by atoms with Gasteiger partial charge in [0.05, 0.1) is 34.7 Å². The summed E-state index contributed by atoms with van der Waals surface area (Å²) in [4.78, 5) is 7.05. The lowest BCUT2D eigenvalue weighted by Gasteiger charge is -2.25. The molecule has 7 aromatic rings. The molecule has 2 aliphatic rings. The molecule has 1 aliphatic carbocycles. The van der Waals surface area contributed by atoms with Crippen molar-refractivity contribution in [3.05, 3.63) is 199 Å². The van der Waals surface area contributed by atoms with E-state index in [2.05, 4.69) is 185 Å². The fraction of sp³-hybridized carbons (Fsp3) is 0.0444. The number of fused-ring (bicyclic) bond motifs is 4. The molecular weight excluding hydrogens is 597 g/mol. The number of nitrogens with one attached hydrogen (secondary N) is 1. The van der Waals surface area contributed by atoms with Crippen LogP contribution in [-0.4, -0.2) is 16.3 Å². The van der Waals surface area contributed by atoms with E-state index >= 15 is 0 Å². The van der Waals surface area contributed by atoms with Crippen molar-refractivity contribution in [3.63, 3.8) is 0 Å². The molecule has 4 heteroatoms. The lowest BCUT2D eigenvalue weighted by molar-refractivity contribution is 0.878. The molecule has 0 spiro atoms. The Morgan fingerprint density at radius 3 is 1.96 bits per heavy atom. The molecule has 4 nitrogen and oxygen atoms in total. The second kappa shape index (κ2) is 12.3. The Hall–Kier alpha value is -6.39. The number of aromatic nitrogens is 1. The first-order chi connectivity index (χ1) is 24.3. The van der Waals surface area contributed by atoms with Gasteiger partial charge in [-0.15, -0.1) is 0 Å². The highest BCUT2D eigenvalue weighted by atomic mass is 15.1. The van der Waals surface area contributed by atoms with Crippen molar-refractivity contribution in [2.24, 2.45) is 4.99 Å². The van der Waals surface area contributed by atoms with Crippen molar-refractivity contribution in [1.29, 1.82) is 0 Å². The Balaban J connectivity index is 1.18. The van der Waals surface area contributed by atoms with Crippen LogP contribution < -0.4 is 10.2 Å². The first-order valence-electron chi connectivity index (χ1n) is 16.8. The van der Waals surface area contributed by atoms with Crippen LogP contribution in [0.2, 0.25) is 0 Å². The van der Waals surface area contributed by atoms with Gasteiger partial charge in [0.25, 0.3) is 0 Å². The summed E-state index contributed by atoms with van der Waals surface area (Å²) in [7, 11) is 0. The molecule has 0 saturated carbocycles. The Labute approximate surface area is 286 Å². The fourth-order valence-electron chi connectivity index (χ4n) is 7.09. The molecule has 234 valence electrons. The van der Waals surface area contributed by atoms with Gasteiger partial charge in [-0.1, -0.05) is 103 Å². The van der Waals surface area contributed by atoms with E-state index in [-0.39, 0.29) is 6.04 Å². The summed E-state index contributed by atoms with van der Waals surface area (Å²) >= 11 is 0. The van der Waals surface area contributed by atoms with Crippen LogP contribution in [0.1, 0.15) is 16.7 Å². The second-order valence-electron chi connectivity index (χ2n) is 12.6. The molecule has 2 heterocycles. The number of aliphatic imine (C=N–C) groups is 1. The molecule has 1 aromatic heterocycles. The number of hydrogen-bond donors (Lipinski definition) is 1. The molecule has 6 aromatic carbocycles. The second-order valence-corrected chi connectivity index (χ2v) is 12.6. The lowest BCUT2D eigenvalue weighted by Crippen LogP contribution is -2.36. The van der Waals surface area contributed by atoms with E-state index in [1.165, 1.54) is 32.9 Å². The van der Waals surface area contributed by atoms with Crippen LogP contribution in [0.4, 0.5) is 17.1 Å². The third-order valence-electron chi connectivity index (χ3n) is 9.44. The van der Waals surface area contributed by atoms with Crippen LogP contribution in [0, 0.1) is 0 Å². The standard InChI is InChI=1S/C45H34N4/c1-4-12-32(13-5-1)28-33-20-26-44-39(29-33)40-30-38(48(35-14-6-2-7-15-35)36-16-8-3-9-17-36)25-27-45(40)49(44)37-23-21-34(22-24-37)43-31-46-41-18-10-11-19-42(41)47-43/h1-27,29-31,42,47H,28H2. The smallest absolute Gasteiger partial charge is 0.0873 e. The zero-order valence-corrected chi connectivity index (χ0v) is 26.9.